The molecular weight excluding hydrogens is 522 g/mol. The molecule has 1 amide bonds. The van der Waals surface area contributed by atoms with Crippen LogP contribution in [-0.2, 0) is 6.54 Å². The number of hydrogen-bond donors (Lipinski definition) is 1. The lowest BCUT2D eigenvalue weighted by Crippen LogP contribution is -2.73. The number of ether oxygens (including phenoxy) is 1. The second-order valence-electron chi connectivity index (χ2n) is 14.2. The molecule has 8 rings (SSSR count). The molecule has 0 bridgehead atoms. The normalized spacial score (nSPS) is 28.7. The molecule has 2 spiro atoms. The number of fused-ring (bicyclic) bond motifs is 1. The standard InChI is InChI=1S/C35H41N5O2/c1-23-13-31(42-2)29(28-9-11-37-32(23)28)18-38-12-10-34(14-24(15-34)17-36)16-30(38)25-3-5-26(6-4-25)33(41)40-21-35(22-40)19-39(20-35)27-7-8-27/h3-6,9,11,13,24,27,30,37H,7-8,10,12,14-16,18-22H2,1-2H3. The number of rotatable bonds is 6. The van der Waals surface area contributed by atoms with Crippen LogP contribution in [0.15, 0.2) is 42.6 Å². The van der Waals surface area contributed by atoms with E-state index in [1.165, 1.54) is 53.5 Å². The Morgan fingerprint density at radius 3 is 2.52 bits per heavy atom. The van der Waals surface area contributed by atoms with Gasteiger partial charge in [-0.3, -0.25) is 14.6 Å². The maximum absolute atomic E-state index is 13.4. The van der Waals surface area contributed by atoms with Crippen molar-refractivity contribution in [2.75, 3.05) is 39.8 Å². The fourth-order valence-corrected chi connectivity index (χ4v) is 8.78. The highest BCUT2D eigenvalue weighted by Crippen LogP contribution is 2.57. The van der Waals surface area contributed by atoms with Gasteiger partial charge in [-0.05, 0) is 92.8 Å². The fraction of sp³-hybridized carbons (Fsp3) is 0.543. The van der Waals surface area contributed by atoms with E-state index in [1.54, 1.807) is 7.11 Å². The van der Waals surface area contributed by atoms with Gasteiger partial charge in [0.25, 0.3) is 5.91 Å². The Balaban J connectivity index is 1.02. The average Bonchev–Trinajstić information content (AvgIpc) is 3.65. The van der Waals surface area contributed by atoms with Crippen molar-refractivity contribution in [3.8, 4) is 11.8 Å². The van der Waals surface area contributed by atoms with Crippen molar-refractivity contribution in [2.45, 2.75) is 64.1 Å². The van der Waals surface area contributed by atoms with E-state index in [0.29, 0.717) is 5.41 Å². The second kappa shape index (κ2) is 9.59. The third-order valence-corrected chi connectivity index (χ3v) is 11.3. The van der Waals surface area contributed by atoms with Gasteiger partial charge in [-0.2, -0.15) is 5.26 Å². The summed E-state index contributed by atoms with van der Waals surface area (Å²) in [5.41, 5.74) is 6.25. The highest BCUT2D eigenvalue weighted by Gasteiger charge is 2.55. The number of benzene rings is 2. The molecule has 2 saturated carbocycles. The summed E-state index contributed by atoms with van der Waals surface area (Å²) in [6, 6.07) is 16.4. The monoisotopic (exact) mass is 563 g/mol. The molecule has 42 heavy (non-hydrogen) atoms. The van der Waals surface area contributed by atoms with Crippen LogP contribution in [0.25, 0.3) is 10.9 Å². The van der Waals surface area contributed by atoms with E-state index in [-0.39, 0.29) is 23.3 Å². The number of H-pyrrole nitrogens is 1. The van der Waals surface area contributed by atoms with Gasteiger partial charge in [-0.15, -0.1) is 0 Å². The van der Waals surface area contributed by atoms with Crippen molar-refractivity contribution < 1.29 is 9.53 Å². The topological polar surface area (TPSA) is 75.6 Å². The molecule has 4 heterocycles. The predicted molar refractivity (Wildman–Crippen MR) is 162 cm³/mol. The van der Waals surface area contributed by atoms with Crippen LogP contribution in [0.1, 0.15) is 71.6 Å². The molecule has 1 atom stereocenters. The number of aromatic amines is 1. The molecular formula is C35H41N5O2. The van der Waals surface area contributed by atoms with Gasteiger partial charge in [0.1, 0.15) is 5.75 Å². The molecule has 7 heteroatoms. The van der Waals surface area contributed by atoms with Gasteiger partial charge in [0, 0.05) is 84.4 Å². The van der Waals surface area contributed by atoms with Gasteiger partial charge in [0.05, 0.1) is 13.2 Å². The molecule has 3 saturated heterocycles. The van der Waals surface area contributed by atoms with Gasteiger partial charge < -0.3 is 14.6 Å². The van der Waals surface area contributed by atoms with Crippen LogP contribution >= 0.6 is 0 Å². The Bertz CT molecular complexity index is 1560. The maximum atomic E-state index is 13.4. The smallest absolute Gasteiger partial charge is 0.253 e. The van der Waals surface area contributed by atoms with Gasteiger partial charge >= 0.3 is 0 Å². The Labute approximate surface area is 248 Å². The van der Waals surface area contributed by atoms with Crippen LogP contribution in [-0.4, -0.2) is 71.5 Å². The van der Waals surface area contributed by atoms with Crippen molar-refractivity contribution in [2.24, 2.45) is 16.7 Å². The summed E-state index contributed by atoms with van der Waals surface area (Å²) in [5.74, 6) is 1.30. The van der Waals surface area contributed by atoms with E-state index in [2.05, 4.69) is 64.2 Å². The number of nitrogens with zero attached hydrogens (tertiary/aromatic N) is 4. The summed E-state index contributed by atoms with van der Waals surface area (Å²) in [5, 5.41) is 10.7. The molecule has 3 aromatic rings. The number of methoxy groups -OCH3 is 1. The number of nitriles is 1. The zero-order valence-electron chi connectivity index (χ0n) is 24.9. The minimum absolute atomic E-state index is 0.170. The van der Waals surface area contributed by atoms with Gasteiger partial charge in [0.15, 0.2) is 0 Å². The predicted octanol–water partition coefficient (Wildman–Crippen LogP) is 5.66. The number of aryl methyl sites for hydroxylation is 1. The molecule has 2 aromatic carbocycles. The van der Waals surface area contributed by atoms with E-state index < -0.39 is 0 Å². The third kappa shape index (κ3) is 4.26. The molecule has 218 valence electrons. The fourth-order valence-electron chi connectivity index (χ4n) is 8.78. The van der Waals surface area contributed by atoms with E-state index in [1.807, 2.05) is 11.1 Å². The lowest BCUT2D eigenvalue weighted by atomic mass is 9.56. The first-order valence-corrected chi connectivity index (χ1v) is 15.8. The summed E-state index contributed by atoms with van der Waals surface area (Å²) < 4.78 is 5.89. The summed E-state index contributed by atoms with van der Waals surface area (Å²) in [6.07, 6.45) is 8.93. The van der Waals surface area contributed by atoms with Crippen LogP contribution in [0.4, 0.5) is 0 Å². The number of hydrogen-bond acceptors (Lipinski definition) is 5. The third-order valence-electron chi connectivity index (χ3n) is 11.3. The molecule has 1 N–H and O–H groups in total. The van der Waals surface area contributed by atoms with Gasteiger partial charge in [0.2, 0.25) is 0 Å². The lowest BCUT2D eigenvalue weighted by Gasteiger charge is -2.60. The van der Waals surface area contributed by atoms with Gasteiger partial charge in [-0.1, -0.05) is 12.1 Å². The Morgan fingerprint density at radius 1 is 1.07 bits per heavy atom. The largest absolute Gasteiger partial charge is 0.496 e. The Hall–Kier alpha value is -3.34. The molecule has 1 aromatic heterocycles. The minimum atomic E-state index is 0.170. The highest BCUT2D eigenvalue weighted by atomic mass is 16.5. The summed E-state index contributed by atoms with van der Waals surface area (Å²) in [7, 11) is 1.76. The van der Waals surface area contributed by atoms with Crippen LogP contribution in [0.3, 0.4) is 0 Å². The molecule has 2 aliphatic carbocycles. The van der Waals surface area contributed by atoms with Crippen LogP contribution in [0.5, 0.6) is 5.75 Å². The lowest BCUT2D eigenvalue weighted by molar-refractivity contribution is -0.102. The van der Waals surface area contributed by atoms with Crippen LogP contribution in [0, 0.1) is 35.0 Å². The van der Waals surface area contributed by atoms with E-state index in [4.69, 9.17) is 4.74 Å². The van der Waals surface area contributed by atoms with E-state index >= 15 is 0 Å². The van der Waals surface area contributed by atoms with Crippen molar-refractivity contribution >= 4 is 16.8 Å². The molecule has 5 aliphatic rings. The zero-order valence-corrected chi connectivity index (χ0v) is 24.9. The molecule has 0 radical (unpaired) electrons. The Morgan fingerprint density at radius 2 is 1.83 bits per heavy atom. The van der Waals surface area contributed by atoms with E-state index in [0.717, 1.165) is 69.2 Å². The SMILES string of the molecule is COc1cc(C)c2[nH]ccc2c1CN1CCC2(CC(C#N)C2)CC1c1ccc(C(=O)N2CC3(C2)CN(C2CC2)C3)cc1. The first-order chi connectivity index (χ1) is 20.4. The first kappa shape index (κ1) is 26.3. The summed E-state index contributed by atoms with van der Waals surface area (Å²) in [6.45, 7) is 8.07. The number of piperidine rings is 1. The van der Waals surface area contributed by atoms with Crippen molar-refractivity contribution in [1.29, 1.82) is 5.26 Å². The summed E-state index contributed by atoms with van der Waals surface area (Å²) >= 11 is 0. The van der Waals surface area contributed by atoms with Gasteiger partial charge in [-0.25, -0.2) is 0 Å². The number of carbonyl (C=O) groups excluding carboxylic acids is 1. The zero-order chi connectivity index (χ0) is 28.6. The maximum Gasteiger partial charge on any atom is 0.253 e. The minimum Gasteiger partial charge on any atom is -0.496 e. The molecule has 1 unspecified atom stereocenters. The molecule has 3 aliphatic heterocycles. The number of carbonyl (C=O) groups is 1. The number of aromatic nitrogens is 1. The van der Waals surface area contributed by atoms with Crippen LogP contribution < -0.4 is 4.74 Å². The summed E-state index contributed by atoms with van der Waals surface area (Å²) in [4.78, 5) is 24.0. The number of nitrogens with one attached hydrogen (secondary N) is 1. The second-order valence-corrected chi connectivity index (χ2v) is 14.2. The average molecular weight is 564 g/mol. The quantitative estimate of drug-likeness (QED) is 0.419. The first-order valence-electron chi connectivity index (χ1n) is 15.8. The van der Waals surface area contributed by atoms with Crippen LogP contribution in [0.2, 0.25) is 0 Å². The Kier molecular flexibility index (Phi) is 6.00. The highest BCUT2D eigenvalue weighted by molar-refractivity contribution is 5.95. The van der Waals surface area contributed by atoms with Crippen molar-refractivity contribution in [1.82, 2.24) is 19.7 Å². The van der Waals surface area contributed by atoms with Crippen molar-refractivity contribution in [3.63, 3.8) is 0 Å². The molecule has 5 fully saturated rings. The number of likely N-dealkylation sites (tertiary alicyclic amines) is 3. The molecule has 7 nitrogen and oxygen atoms in total. The number of amides is 1. The van der Waals surface area contributed by atoms with Crippen molar-refractivity contribution in [3.05, 3.63) is 64.8 Å². The van der Waals surface area contributed by atoms with E-state index in [9.17, 15) is 10.1 Å².